The van der Waals surface area contributed by atoms with E-state index in [0.29, 0.717) is 12.0 Å². The molecule has 0 bridgehead atoms. The zero-order valence-corrected chi connectivity index (χ0v) is 19.1. The number of guanidine groups is 1. The third kappa shape index (κ3) is 6.20. The first-order valence-corrected chi connectivity index (χ1v) is 9.69. The van der Waals surface area contributed by atoms with Crippen LogP contribution in [0.3, 0.4) is 0 Å². The minimum atomic E-state index is 0. The summed E-state index contributed by atoms with van der Waals surface area (Å²) in [6, 6.07) is 12.0. The highest BCUT2D eigenvalue weighted by Crippen LogP contribution is 2.40. The van der Waals surface area contributed by atoms with Crippen LogP contribution in [0.1, 0.15) is 37.8 Å². The molecule has 2 aromatic rings. The predicted octanol–water partition coefficient (Wildman–Crippen LogP) is 4.22. The first-order chi connectivity index (χ1) is 13.2. The van der Waals surface area contributed by atoms with Crippen LogP contribution in [0.5, 0.6) is 0 Å². The Hall–Kier alpha value is -1.61. The molecule has 6 nitrogen and oxygen atoms in total. The van der Waals surface area contributed by atoms with E-state index in [2.05, 4.69) is 20.8 Å². The van der Waals surface area contributed by atoms with Crippen molar-refractivity contribution in [1.29, 1.82) is 0 Å². The molecule has 28 heavy (non-hydrogen) atoms. The van der Waals surface area contributed by atoms with Crippen molar-refractivity contribution in [2.75, 3.05) is 27.3 Å². The predicted molar refractivity (Wildman–Crippen MR) is 123 cm³/mol. The largest absolute Gasteiger partial charge is 0.385 e. The highest BCUT2D eigenvalue weighted by molar-refractivity contribution is 14.0. The number of aromatic nitrogens is 1. The minimum Gasteiger partial charge on any atom is -0.385 e. The monoisotopic (exact) mass is 498 g/mol. The fraction of sp³-hybridized carbons (Fsp3) is 0.524. The molecule has 1 fully saturated rings. The number of aliphatic imine (C=N–C) groups is 1. The van der Waals surface area contributed by atoms with Crippen molar-refractivity contribution >= 4 is 29.9 Å². The van der Waals surface area contributed by atoms with Gasteiger partial charge in [0, 0.05) is 38.9 Å². The lowest BCUT2D eigenvalue weighted by atomic mass is 9.83. The summed E-state index contributed by atoms with van der Waals surface area (Å²) in [5.74, 6) is 1.57. The Morgan fingerprint density at radius 2 is 1.96 bits per heavy atom. The number of nitrogens with zero attached hydrogens (tertiary/aromatic N) is 2. The van der Waals surface area contributed by atoms with Crippen molar-refractivity contribution in [3.05, 3.63) is 42.1 Å². The fourth-order valence-electron chi connectivity index (χ4n) is 3.76. The van der Waals surface area contributed by atoms with E-state index in [4.69, 9.17) is 9.26 Å². The van der Waals surface area contributed by atoms with Gasteiger partial charge in [0.05, 0.1) is 6.54 Å². The Morgan fingerprint density at radius 1 is 1.21 bits per heavy atom. The number of hydrogen-bond acceptors (Lipinski definition) is 4. The van der Waals surface area contributed by atoms with Crippen LogP contribution in [0.2, 0.25) is 0 Å². The second-order valence-corrected chi connectivity index (χ2v) is 7.28. The van der Waals surface area contributed by atoms with Crippen molar-refractivity contribution in [2.24, 2.45) is 10.4 Å². The molecule has 1 heterocycles. The van der Waals surface area contributed by atoms with Crippen molar-refractivity contribution in [2.45, 2.75) is 38.6 Å². The Labute approximate surface area is 184 Å². The number of nitrogens with one attached hydrogen (secondary N) is 2. The van der Waals surface area contributed by atoms with Gasteiger partial charge in [-0.05, 0) is 24.7 Å². The van der Waals surface area contributed by atoms with Crippen LogP contribution < -0.4 is 10.6 Å². The summed E-state index contributed by atoms with van der Waals surface area (Å²) >= 11 is 0. The fourth-order valence-corrected chi connectivity index (χ4v) is 3.76. The third-order valence-electron chi connectivity index (χ3n) is 5.41. The number of halogens is 1. The molecule has 1 aliphatic rings. The van der Waals surface area contributed by atoms with Crippen LogP contribution in [0.25, 0.3) is 11.3 Å². The van der Waals surface area contributed by atoms with E-state index in [1.807, 2.05) is 36.4 Å². The van der Waals surface area contributed by atoms with Gasteiger partial charge in [0.25, 0.3) is 0 Å². The van der Waals surface area contributed by atoms with E-state index < -0.39 is 0 Å². The quantitative estimate of drug-likeness (QED) is 0.324. The molecule has 7 heteroatoms. The van der Waals surface area contributed by atoms with Gasteiger partial charge in [0.1, 0.15) is 5.69 Å². The number of methoxy groups -OCH3 is 1. The Balaban J connectivity index is 0.00000280. The summed E-state index contributed by atoms with van der Waals surface area (Å²) in [6.45, 7) is 2.31. The van der Waals surface area contributed by atoms with Crippen LogP contribution in [0.4, 0.5) is 0 Å². The number of hydrogen-bond donors (Lipinski definition) is 2. The van der Waals surface area contributed by atoms with E-state index in [0.717, 1.165) is 42.5 Å². The molecule has 0 amide bonds. The summed E-state index contributed by atoms with van der Waals surface area (Å²) in [7, 11) is 3.57. The van der Waals surface area contributed by atoms with Crippen LogP contribution in [0.15, 0.2) is 45.9 Å². The lowest BCUT2D eigenvalue weighted by molar-refractivity contribution is 0.138. The second-order valence-electron chi connectivity index (χ2n) is 7.28. The number of ether oxygens (including phenoxy) is 1. The molecule has 154 valence electrons. The Morgan fingerprint density at radius 3 is 2.64 bits per heavy atom. The molecule has 2 N–H and O–H groups in total. The minimum absolute atomic E-state index is 0. The van der Waals surface area contributed by atoms with E-state index >= 15 is 0 Å². The normalized spacial score (nSPS) is 15.9. The topological polar surface area (TPSA) is 71.7 Å². The lowest BCUT2D eigenvalue weighted by Crippen LogP contribution is -2.43. The SMILES string of the molecule is CN=C(NCc1cc(-c2ccccc2)on1)NCC1(CCOC)CCCC1.I. The molecule has 0 unspecified atom stereocenters. The highest BCUT2D eigenvalue weighted by atomic mass is 127. The molecule has 0 radical (unpaired) electrons. The van der Waals surface area contributed by atoms with Crippen molar-refractivity contribution in [3.63, 3.8) is 0 Å². The van der Waals surface area contributed by atoms with Crippen LogP contribution in [-0.4, -0.2) is 38.4 Å². The maximum absolute atomic E-state index is 5.45. The molecule has 1 aliphatic carbocycles. The van der Waals surface area contributed by atoms with Crippen molar-refractivity contribution in [3.8, 4) is 11.3 Å². The lowest BCUT2D eigenvalue weighted by Gasteiger charge is -2.29. The van der Waals surface area contributed by atoms with Gasteiger partial charge in [-0.1, -0.05) is 48.3 Å². The van der Waals surface area contributed by atoms with Crippen molar-refractivity contribution < 1.29 is 9.26 Å². The molecule has 0 saturated heterocycles. The van der Waals surface area contributed by atoms with Crippen LogP contribution in [0, 0.1) is 5.41 Å². The molecule has 0 spiro atoms. The van der Waals surface area contributed by atoms with Crippen molar-refractivity contribution in [1.82, 2.24) is 15.8 Å². The van der Waals surface area contributed by atoms with E-state index in [1.54, 1.807) is 14.2 Å². The van der Waals surface area contributed by atoms with Gasteiger partial charge < -0.3 is 19.9 Å². The molecular weight excluding hydrogens is 467 g/mol. The summed E-state index contributed by atoms with van der Waals surface area (Å²) in [4.78, 5) is 4.35. The average Bonchev–Trinajstić information content (AvgIpc) is 3.37. The first kappa shape index (κ1) is 22.7. The van der Waals surface area contributed by atoms with Gasteiger partial charge in [0.15, 0.2) is 11.7 Å². The van der Waals surface area contributed by atoms with Gasteiger partial charge in [-0.25, -0.2) is 0 Å². The van der Waals surface area contributed by atoms with Gasteiger partial charge >= 0.3 is 0 Å². The second kappa shape index (κ2) is 11.4. The van der Waals surface area contributed by atoms with Crippen LogP contribution in [-0.2, 0) is 11.3 Å². The third-order valence-corrected chi connectivity index (χ3v) is 5.41. The Bertz CT molecular complexity index is 727. The molecule has 0 atom stereocenters. The maximum Gasteiger partial charge on any atom is 0.191 e. The molecule has 3 rings (SSSR count). The van der Waals surface area contributed by atoms with Gasteiger partial charge in [0.2, 0.25) is 0 Å². The highest BCUT2D eigenvalue weighted by Gasteiger charge is 2.33. The number of rotatable bonds is 8. The van der Waals surface area contributed by atoms with Gasteiger partial charge in [-0.2, -0.15) is 0 Å². The molecule has 1 saturated carbocycles. The average molecular weight is 498 g/mol. The smallest absolute Gasteiger partial charge is 0.191 e. The Kier molecular flexibility index (Phi) is 9.24. The van der Waals surface area contributed by atoms with E-state index in [9.17, 15) is 0 Å². The molecule has 0 aliphatic heterocycles. The van der Waals surface area contributed by atoms with Gasteiger partial charge in [-0.3, -0.25) is 4.99 Å². The summed E-state index contributed by atoms with van der Waals surface area (Å²) in [5.41, 5.74) is 2.20. The van der Waals surface area contributed by atoms with Crippen LogP contribution >= 0.6 is 24.0 Å². The maximum atomic E-state index is 5.45. The van der Waals surface area contributed by atoms with Gasteiger partial charge in [-0.15, -0.1) is 24.0 Å². The summed E-state index contributed by atoms with van der Waals surface area (Å²) in [6.07, 6.45) is 6.21. The first-order valence-electron chi connectivity index (χ1n) is 9.69. The zero-order valence-electron chi connectivity index (χ0n) is 16.7. The summed E-state index contributed by atoms with van der Waals surface area (Å²) in [5, 5.41) is 11.0. The molecule has 1 aromatic heterocycles. The standard InChI is InChI=1S/C21H30N4O2.HI/c1-22-20(24-16-21(12-13-26-2)10-6-7-11-21)23-15-18-14-19(27-25-18)17-8-4-3-5-9-17;/h3-5,8-9,14H,6-7,10-13,15-16H2,1-2H3,(H2,22,23,24);1H. The molecule has 1 aromatic carbocycles. The van der Waals surface area contributed by atoms with E-state index in [-0.39, 0.29) is 24.0 Å². The number of benzene rings is 1. The zero-order chi connectivity index (χ0) is 19.0. The summed E-state index contributed by atoms with van der Waals surface area (Å²) < 4.78 is 10.8. The van der Waals surface area contributed by atoms with E-state index in [1.165, 1.54) is 25.7 Å². The molecular formula is C21H31IN4O2.